The second-order valence-corrected chi connectivity index (χ2v) is 8.37. The summed E-state index contributed by atoms with van der Waals surface area (Å²) in [7, 11) is 3.09. The predicted octanol–water partition coefficient (Wildman–Crippen LogP) is 3.89. The van der Waals surface area contributed by atoms with Crippen LogP contribution in [0.4, 0.5) is 0 Å². The van der Waals surface area contributed by atoms with Crippen molar-refractivity contribution in [3.8, 4) is 5.69 Å². The van der Waals surface area contributed by atoms with Crippen LogP contribution in [0.15, 0.2) is 54.7 Å². The lowest BCUT2D eigenvalue weighted by Gasteiger charge is -2.28. The number of methoxy groups -OCH3 is 2. The normalized spacial score (nSPS) is 17.8. The van der Waals surface area contributed by atoms with Crippen LogP contribution in [-0.4, -0.2) is 52.9 Å². The SMILES string of the molecule is COCCN1C(=S)N[C@H](c2ccccn2)[C@H]1c1cc(C)n(-c2ccccc2C(=O)OC)c1C. The van der Waals surface area contributed by atoms with E-state index in [4.69, 9.17) is 21.7 Å². The minimum absolute atomic E-state index is 0.0761. The first-order chi connectivity index (χ1) is 16.0. The van der Waals surface area contributed by atoms with Gasteiger partial charge in [0.15, 0.2) is 5.11 Å². The Kier molecular flexibility index (Phi) is 6.76. The highest BCUT2D eigenvalue weighted by molar-refractivity contribution is 7.80. The Morgan fingerprint density at radius 2 is 1.91 bits per heavy atom. The van der Waals surface area contributed by atoms with E-state index in [-0.39, 0.29) is 18.1 Å². The van der Waals surface area contributed by atoms with E-state index in [0.29, 0.717) is 23.8 Å². The molecule has 1 N–H and O–H groups in total. The van der Waals surface area contributed by atoms with Crippen molar-refractivity contribution in [3.05, 3.63) is 82.9 Å². The van der Waals surface area contributed by atoms with Crippen molar-refractivity contribution in [1.82, 2.24) is 19.8 Å². The maximum Gasteiger partial charge on any atom is 0.339 e. The van der Waals surface area contributed by atoms with E-state index in [2.05, 4.69) is 32.8 Å². The molecule has 2 atom stereocenters. The van der Waals surface area contributed by atoms with Crippen LogP contribution in [0.2, 0.25) is 0 Å². The van der Waals surface area contributed by atoms with E-state index in [1.165, 1.54) is 7.11 Å². The number of carbonyl (C=O) groups is 1. The van der Waals surface area contributed by atoms with Gasteiger partial charge in [-0.05, 0) is 62.0 Å². The molecule has 0 radical (unpaired) electrons. The fourth-order valence-electron chi connectivity index (χ4n) is 4.58. The quantitative estimate of drug-likeness (QED) is 0.420. The van der Waals surface area contributed by atoms with E-state index in [9.17, 15) is 4.79 Å². The highest BCUT2D eigenvalue weighted by Gasteiger charge is 2.41. The molecule has 0 unspecified atom stereocenters. The number of benzene rings is 1. The minimum Gasteiger partial charge on any atom is -0.465 e. The lowest BCUT2D eigenvalue weighted by atomic mass is 9.97. The third-order valence-corrected chi connectivity index (χ3v) is 6.43. The summed E-state index contributed by atoms with van der Waals surface area (Å²) in [6, 6.07) is 15.4. The van der Waals surface area contributed by atoms with Gasteiger partial charge in [-0.25, -0.2) is 4.79 Å². The first kappa shape index (κ1) is 22.9. The highest BCUT2D eigenvalue weighted by Crippen LogP contribution is 2.41. The van der Waals surface area contributed by atoms with E-state index in [1.807, 2.05) is 43.3 Å². The summed E-state index contributed by atoms with van der Waals surface area (Å²) >= 11 is 5.72. The molecule has 0 amide bonds. The number of ether oxygens (including phenoxy) is 2. The van der Waals surface area contributed by atoms with Crippen molar-refractivity contribution in [2.45, 2.75) is 25.9 Å². The number of rotatable bonds is 7. The van der Waals surface area contributed by atoms with Crippen LogP contribution in [0.3, 0.4) is 0 Å². The molecule has 1 aliphatic heterocycles. The molecule has 7 nitrogen and oxygen atoms in total. The molecule has 1 aliphatic rings. The summed E-state index contributed by atoms with van der Waals surface area (Å²) in [6.07, 6.45) is 1.80. The molecule has 0 bridgehead atoms. The van der Waals surface area contributed by atoms with E-state index < -0.39 is 0 Å². The van der Waals surface area contributed by atoms with Gasteiger partial charge in [-0.3, -0.25) is 4.98 Å². The number of esters is 1. The molecule has 3 heterocycles. The van der Waals surface area contributed by atoms with Crippen LogP contribution >= 0.6 is 12.2 Å². The van der Waals surface area contributed by atoms with Gasteiger partial charge in [0.1, 0.15) is 0 Å². The summed E-state index contributed by atoms with van der Waals surface area (Å²) in [5.74, 6) is -0.364. The Morgan fingerprint density at radius 1 is 1.15 bits per heavy atom. The molecule has 8 heteroatoms. The first-order valence-corrected chi connectivity index (χ1v) is 11.2. The predicted molar refractivity (Wildman–Crippen MR) is 131 cm³/mol. The number of carbonyl (C=O) groups excluding carboxylic acids is 1. The number of pyridine rings is 1. The minimum atomic E-state index is -0.364. The van der Waals surface area contributed by atoms with Crippen molar-refractivity contribution in [2.24, 2.45) is 0 Å². The van der Waals surface area contributed by atoms with Crippen LogP contribution < -0.4 is 5.32 Å². The van der Waals surface area contributed by atoms with Crippen molar-refractivity contribution in [1.29, 1.82) is 0 Å². The molecule has 0 aliphatic carbocycles. The maximum absolute atomic E-state index is 12.5. The van der Waals surface area contributed by atoms with Crippen molar-refractivity contribution >= 4 is 23.3 Å². The Hall–Kier alpha value is -3.23. The standard InChI is InChI=1S/C25H28N4O3S/c1-16-15-19(17(2)29(16)21-11-6-5-9-18(21)24(30)32-4)23-22(20-10-7-8-12-26-20)27-25(33)28(23)13-14-31-3/h5-12,15,22-23H,13-14H2,1-4H3,(H,27,33)/t22-,23-/m1/s1. The van der Waals surface area contributed by atoms with E-state index in [0.717, 1.165) is 28.3 Å². The van der Waals surface area contributed by atoms with E-state index in [1.54, 1.807) is 19.4 Å². The van der Waals surface area contributed by atoms with Gasteiger partial charge in [0.05, 0.1) is 42.7 Å². The van der Waals surface area contributed by atoms with Gasteiger partial charge in [-0.1, -0.05) is 18.2 Å². The molecule has 2 aromatic heterocycles. The maximum atomic E-state index is 12.5. The molecule has 1 saturated heterocycles. The summed E-state index contributed by atoms with van der Waals surface area (Å²) in [6.45, 7) is 5.32. The number of nitrogens with zero attached hydrogens (tertiary/aromatic N) is 3. The number of hydrogen-bond donors (Lipinski definition) is 1. The zero-order valence-corrected chi connectivity index (χ0v) is 20.1. The van der Waals surface area contributed by atoms with Crippen molar-refractivity contribution < 1.29 is 14.3 Å². The number of para-hydroxylation sites is 1. The fourth-order valence-corrected chi connectivity index (χ4v) is 4.92. The average molecular weight is 465 g/mol. The Bertz CT molecular complexity index is 1160. The van der Waals surface area contributed by atoms with Gasteiger partial charge < -0.3 is 24.3 Å². The third kappa shape index (κ3) is 4.24. The Balaban J connectivity index is 1.85. The van der Waals surface area contributed by atoms with Crippen molar-refractivity contribution in [2.75, 3.05) is 27.4 Å². The molecule has 0 spiro atoms. The largest absolute Gasteiger partial charge is 0.465 e. The molecule has 33 heavy (non-hydrogen) atoms. The van der Waals surface area contributed by atoms with Crippen molar-refractivity contribution in [3.63, 3.8) is 0 Å². The Labute approximate surface area is 199 Å². The number of hydrogen-bond acceptors (Lipinski definition) is 5. The monoisotopic (exact) mass is 464 g/mol. The smallest absolute Gasteiger partial charge is 0.339 e. The second-order valence-electron chi connectivity index (χ2n) is 7.98. The topological polar surface area (TPSA) is 68.6 Å². The highest BCUT2D eigenvalue weighted by atomic mass is 32.1. The van der Waals surface area contributed by atoms with E-state index >= 15 is 0 Å². The van der Waals surface area contributed by atoms with Gasteiger partial charge in [-0.15, -0.1) is 0 Å². The van der Waals surface area contributed by atoms with Gasteiger partial charge in [-0.2, -0.15) is 0 Å². The van der Waals surface area contributed by atoms with Gasteiger partial charge in [0.25, 0.3) is 0 Å². The summed E-state index contributed by atoms with van der Waals surface area (Å²) in [5, 5.41) is 4.14. The lowest BCUT2D eigenvalue weighted by molar-refractivity contribution is 0.0600. The second kappa shape index (κ2) is 9.72. The van der Waals surface area contributed by atoms with Gasteiger partial charge in [0.2, 0.25) is 0 Å². The van der Waals surface area contributed by atoms with Gasteiger partial charge in [0, 0.05) is 31.2 Å². The average Bonchev–Trinajstić information content (AvgIpc) is 3.32. The summed E-state index contributed by atoms with van der Waals surface area (Å²) < 4.78 is 12.5. The Morgan fingerprint density at radius 3 is 2.61 bits per heavy atom. The zero-order chi connectivity index (χ0) is 23.5. The molecule has 0 saturated carbocycles. The van der Waals surface area contributed by atoms with Crippen LogP contribution in [0.5, 0.6) is 0 Å². The van der Waals surface area contributed by atoms with Crippen LogP contribution in [0.1, 0.15) is 45.1 Å². The van der Waals surface area contributed by atoms with Gasteiger partial charge >= 0.3 is 5.97 Å². The number of nitrogens with one attached hydrogen (secondary N) is 1. The molecule has 172 valence electrons. The number of aryl methyl sites for hydroxylation is 1. The lowest BCUT2D eigenvalue weighted by Crippen LogP contribution is -2.32. The molecule has 3 aromatic rings. The zero-order valence-electron chi connectivity index (χ0n) is 19.2. The summed E-state index contributed by atoms with van der Waals surface area (Å²) in [5.41, 5.74) is 5.39. The number of thiocarbonyl (C=S) groups is 1. The number of aromatic nitrogens is 2. The molecule has 1 fully saturated rings. The molecule has 4 rings (SSSR count). The van der Waals surface area contributed by atoms with Crippen LogP contribution in [0.25, 0.3) is 5.69 Å². The fraction of sp³-hybridized carbons (Fsp3) is 0.320. The van der Waals surface area contributed by atoms with Crippen LogP contribution in [0, 0.1) is 13.8 Å². The molecule has 1 aromatic carbocycles. The summed E-state index contributed by atoms with van der Waals surface area (Å²) in [4.78, 5) is 19.2. The first-order valence-electron chi connectivity index (χ1n) is 10.8. The van der Waals surface area contributed by atoms with Crippen LogP contribution in [-0.2, 0) is 9.47 Å². The third-order valence-electron chi connectivity index (χ3n) is 6.07. The molecular formula is C25H28N4O3S. The molecular weight excluding hydrogens is 436 g/mol.